The van der Waals surface area contributed by atoms with E-state index in [0.29, 0.717) is 37.6 Å². The second kappa shape index (κ2) is 9.88. The molecule has 0 spiro atoms. The van der Waals surface area contributed by atoms with Gasteiger partial charge in [0.15, 0.2) is 0 Å². The van der Waals surface area contributed by atoms with Crippen molar-refractivity contribution in [2.24, 2.45) is 0 Å². The van der Waals surface area contributed by atoms with Crippen molar-refractivity contribution < 1.29 is 31.1 Å². The number of hydrogen-bond acceptors (Lipinski definition) is 5. The number of carbonyl (C=O) groups is 1. The second-order valence-corrected chi connectivity index (χ2v) is 9.11. The fraction of sp³-hybridized carbons (Fsp3) is 0.381. The first-order chi connectivity index (χ1) is 15.1. The molecule has 0 bridgehead atoms. The summed E-state index contributed by atoms with van der Waals surface area (Å²) in [5.41, 5.74) is -0.0874. The number of rotatable bonds is 7. The maximum atomic E-state index is 13.6. The first-order valence-corrected chi connectivity index (χ1v) is 11.4. The number of benzene rings is 2. The molecule has 2 aromatic carbocycles. The van der Waals surface area contributed by atoms with E-state index in [0.717, 1.165) is 6.07 Å². The standard InChI is InChI=1S/C21H24F3N3O4S/c1-25-32(29,30)17-6-2-15(3-7-17)4-9-20(28)26-19-8-5-16(14-18(19)21(22,23)24)27-10-12-31-13-11-27/h2-3,5-8,14,25H,4,9-13H2,1H3,(H,26,28). The number of nitrogens with zero attached hydrogens (tertiary/aromatic N) is 1. The molecule has 7 nitrogen and oxygen atoms in total. The van der Waals surface area contributed by atoms with E-state index < -0.39 is 27.7 Å². The summed E-state index contributed by atoms with van der Waals surface area (Å²) >= 11 is 0. The number of halogens is 3. The van der Waals surface area contributed by atoms with Gasteiger partial charge in [-0.25, -0.2) is 13.1 Å². The van der Waals surface area contributed by atoms with Crippen molar-refractivity contribution in [2.75, 3.05) is 43.6 Å². The average molecular weight is 472 g/mol. The Morgan fingerprint density at radius 3 is 2.34 bits per heavy atom. The van der Waals surface area contributed by atoms with E-state index in [1.54, 1.807) is 18.2 Å². The van der Waals surface area contributed by atoms with Crippen LogP contribution in [0.1, 0.15) is 17.5 Å². The number of sulfonamides is 1. The SMILES string of the molecule is CNS(=O)(=O)c1ccc(CCC(=O)Nc2ccc(N3CCOCC3)cc2C(F)(F)F)cc1. The third-order valence-electron chi connectivity index (χ3n) is 5.10. The minimum atomic E-state index is -4.63. The number of alkyl halides is 3. The van der Waals surface area contributed by atoms with E-state index in [1.807, 2.05) is 4.90 Å². The number of ether oxygens (including phenoxy) is 1. The highest BCUT2D eigenvalue weighted by Gasteiger charge is 2.34. The minimum Gasteiger partial charge on any atom is -0.378 e. The van der Waals surface area contributed by atoms with E-state index in [-0.39, 0.29) is 23.4 Å². The van der Waals surface area contributed by atoms with Crippen molar-refractivity contribution in [2.45, 2.75) is 23.9 Å². The monoisotopic (exact) mass is 471 g/mol. The molecular formula is C21H24F3N3O4S. The number of morpholine rings is 1. The molecule has 1 saturated heterocycles. The second-order valence-electron chi connectivity index (χ2n) is 7.23. The number of hydrogen-bond donors (Lipinski definition) is 2. The summed E-state index contributed by atoms with van der Waals surface area (Å²) in [7, 11) is -2.26. The topological polar surface area (TPSA) is 87.7 Å². The maximum absolute atomic E-state index is 13.6. The number of amides is 1. The number of nitrogens with one attached hydrogen (secondary N) is 2. The minimum absolute atomic E-state index is 0.0549. The number of aryl methyl sites for hydroxylation is 1. The quantitative estimate of drug-likeness (QED) is 0.648. The molecule has 1 amide bonds. The van der Waals surface area contributed by atoms with Gasteiger partial charge in [0.05, 0.1) is 29.4 Å². The zero-order valence-corrected chi connectivity index (χ0v) is 18.2. The van der Waals surface area contributed by atoms with Crippen molar-refractivity contribution in [3.8, 4) is 0 Å². The Balaban J connectivity index is 1.67. The summed E-state index contributed by atoms with van der Waals surface area (Å²) in [6.45, 7) is 1.89. The lowest BCUT2D eigenvalue weighted by Gasteiger charge is -2.29. The molecular weight excluding hydrogens is 447 g/mol. The zero-order valence-electron chi connectivity index (χ0n) is 17.4. The summed E-state index contributed by atoms with van der Waals surface area (Å²) in [4.78, 5) is 14.2. The van der Waals surface area contributed by atoms with Gasteiger partial charge in [0.2, 0.25) is 15.9 Å². The van der Waals surface area contributed by atoms with Gasteiger partial charge in [0.25, 0.3) is 0 Å². The highest BCUT2D eigenvalue weighted by molar-refractivity contribution is 7.89. The van der Waals surface area contributed by atoms with Gasteiger partial charge in [-0.05, 0) is 49.4 Å². The zero-order chi connectivity index (χ0) is 23.4. The van der Waals surface area contributed by atoms with E-state index in [4.69, 9.17) is 4.74 Å². The van der Waals surface area contributed by atoms with Gasteiger partial charge in [0, 0.05) is 25.2 Å². The lowest BCUT2D eigenvalue weighted by atomic mass is 10.1. The van der Waals surface area contributed by atoms with Gasteiger partial charge in [-0.3, -0.25) is 4.79 Å². The normalized spacial score (nSPS) is 14.9. The Hall–Kier alpha value is -2.63. The van der Waals surface area contributed by atoms with Crippen LogP contribution in [0.15, 0.2) is 47.4 Å². The van der Waals surface area contributed by atoms with Crippen LogP contribution in [0.3, 0.4) is 0 Å². The summed E-state index contributed by atoms with van der Waals surface area (Å²) in [6.07, 6.45) is -4.43. The molecule has 0 atom stereocenters. The summed E-state index contributed by atoms with van der Waals surface area (Å²) in [5.74, 6) is -0.568. The first kappa shape index (κ1) is 24.0. The largest absolute Gasteiger partial charge is 0.418 e. The van der Waals surface area contributed by atoms with Gasteiger partial charge in [0.1, 0.15) is 0 Å². The van der Waals surface area contributed by atoms with Crippen molar-refractivity contribution in [3.05, 3.63) is 53.6 Å². The smallest absolute Gasteiger partial charge is 0.378 e. The van der Waals surface area contributed by atoms with E-state index in [2.05, 4.69) is 10.0 Å². The molecule has 32 heavy (non-hydrogen) atoms. The first-order valence-electron chi connectivity index (χ1n) is 9.96. The fourth-order valence-electron chi connectivity index (χ4n) is 3.32. The molecule has 174 valence electrons. The third kappa shape index (κ3) is 5.99. The molecule has 1 aliphatic heterocycles. The van der Waals surface area contributed by atoms with E-state index >= 15 is 0 Å². The molecule has 3 rings (SSSR count). The van der Waals surface area contributed by atoms with E-state index in [1.165, 1.54) is 25.2 Å². The van der Waals surface area contributed by atoms with Crippen LogP contribution in [0, 0.1) is 0 Å². The Bertz CT molecular complexity index is 1050. The van der Waals surface area contributed by atoms with Crippen LogP contribution in [0.5, 0.6) is 0 Å². The summed E-state index contributed by atoms with van der Waals surface area (Å²) in [6, 6.07) is 9.81. The molecule has 0 radical (unpaired) electrons. The van der Waals surface area contributed by atoms with Crippen LogP contribution in [0.4, 0.5) is 24.5 Å². The predicted molar refractivity (Wildman–Crippen MR) is 114 cm³/mol. The number of anilines is 2. The van der Waals surface area contributed by atoms with Gasteiger partial charge in [-0.2, -0.15) is 13.2 Å². The fourth-order valence-corrected chi connectivity index (χ4v) is 4.05. The third-order valence-corrected chi connectivity index (χ3v) is 6.53. The average Bonchev–Trinajstić information content (AvgIpc) is 2.78. The van der Waals surface area contributed by atoms with Crippen LogP contribution in [0.2, 0.25) is 0 Å². The van der Waals surface area contributed by atoms with Crippen LogP contribution in [-0.4, -0.2) is 47.7 Å². The Morgan fingerprint density at radius 2 is 1.75 bits per heavy atom. The van der Waals surface area contributed by atoms with Crippen molar-refractivity contribution in [1.29, 1.82) is 0 Å². The predicted octanol–water partition coefficient (Wildman–Crippen LogP) is 3.02. The highest BCUT2D eigenvalue weighted by Crippen LogP contribution is 2.37. The molecule has 2 aromatic rings. The molecule has 11 heteroatoms. The Labute approximate surface area is 184 Å². The lowest BCUT2D eigenvalue weighted by Crippen LogP contribution is -2.36. The summed E-state index contributed by atoms with van der Waals surface area (Å²) in [5, 5.41) is 2.35. The summed E-state index contributed by atoms with van der Waals surface area (Å²) < 4.78 is 71.8. The van der Waals surface area contributed by atoms with Gasteiger partial charge in [-0.1, -0.05) is 12.1 Å². The maximum Gasteiger partial charge on any atom is 0.418 e. The molecule has 0 aromatic heterocycles. The molecule has 0 saturated carbocycles. The molecule has 0 unspecified atom stereocenters. The highest BCUT2D eigenvalue weighted by atomic mass is 32.2. The Kier molecular flexibility index (Phi) is 7.42. The van der Waals surface area contributed by atoms with Crippen molar-refractivity contribution in [1.82, 2.24) is 4.72 Å². The van der Waals surface area contributed by atoms with Gasteiger partial charge < -0.3 is 15.0 Å². The molecule has 1 fully saturated rings. The number of carbonyl (C=O) groups excluding carboxylic acids is 1. The van der Waals surface area contributed by atoms with Crippen molar-refractivity contribution >= 4 is 27.3 Å². The Morgan fingerprint density at radius 1 is 1.09 bits per heavy atom. The molecule has 0 aliphatic carbocycles. The molecule has 2 N–H and O–H groups in total. The van der Waals surface area contributed by atoms with Crippen LogP contribution < -0.4 is 14.9 Å². The van der Waals surface area contributed by atoms with Gasteiger partial charge >= 0.3 is 6.18 Å². The molecule has 1 heterocycles. The van der Waals surface area contributed by atoms with E-state index in [9.17, 15) is 26.4 Å². The lowest BCUT2D eigenvalue weighted by molar-refractivity contribution is -0.136. The van der Waals surface area contributed by atoms with Crippen LogP contribution >= 0.6 is 0 Å². The van der Waals surface area contributed by atoms with Gasteiger partial charge in [-0.15, -0.1) is 0 Å². The van der Waals surface area contributed by atoms with Crippen LogP contribution in [0.25, 0.3) is 0 Å². The molecule has 1 aliphatic rings. The van der Waals surface area contributed by atoms with Crippen molar-refractivity contribution in [3.63, 3.8) is 0 Å². The van der Waals surface area contributed by atoms with Crippen LogP contribution in [-0.2, 0) is 32.2 Å².